The third-order valence-electron chi connectivity index (χ3n) is 5.96. The van der Waals surface area contributed by atoms with E-state index in [2.05, 4.69) is 23.8 Å². The van der Waals surface area contributed by atoms with Crippen LogP contribution in [0.1, 0.15) is 31.9 Å². The predicted molar refractivity (Wildman–Crippen MR) is 132 cm³/mol. The van der Waals surface area contributed by atoms with Crippen LogP contribution in [0, 0.1) is 5.41 Å². The molecule has 5 rings (SSSR count). The summed E-state index contributed by atoms with van der Waals surface area (Å²) in [5.74, 6) is 0. The maximum Gasteiger partial charge on any atom is 0.501 e. The van der Waals surface area contributed by atoms with E-state index in [4.69, 9.17) is 57.3 Å². The van der Waals surface area contributed by atoms with E-state index in [9.17, 15) is 0 Å². The standard InChI is InChI=1S/C20H31Cl2N2O5PSSi/c1-20(2)15-25-30(31,29-19(20)17-5-4-16(21)14-18(17)22)23-6-3-13-32-26-10-7-24(8-11-27-32)9-12-28-32/h4-5,14,19H,3,6-13,15H2,1-2H3,(H,23,31). The zero-order chi connectivity index (χ0) is 22.8. The summed E-state index contributed by atoms with van der Waals surface area (Å²) in [5.41, 5.74) is 0.592. The Morgan fingerprint density at radius 2 is 1.81 bits per heavy atom. The molecule has 2 unspecified atom stereocenters. The van der Waals surface area contributed by atoms with Gasteiger partial charge in [-0.1, -0.05) is 43.1 Å². The van der Waals surface area contributed by atoms with E-state index >= 15 is 0 Å². The van der Waals surface area contributed by atoms with Crippen molar-refractivity contribution in [1.82, 2.24) is 9.99 Å². The van der Waals surface area contributed by atoms with Crippen LogP contribution in [0.25, 0.3) is 0 Å². The van der Waals surface area contributed by atoms with Crippen LogP contribution in [0.15, 0.2) is 18.2 Å². The minimum atomic E-state index is -2.68. The molecule has 2 bridgehead atoms. The van der Waals surface area contributed by atoms with Gasteiger partial charge in [0.25, 0.3) is 6.64 Å². The van der Waals surface area contributed by atoms with E-state index in [1.165, 1.54) is 0 Å². The molecule has 1 N–H and O–H groups in total. The minimum Gasteiger partial charge on any atom is -0.372 e. The highest BCUT2D eigenvalue weighted by Gasteiger charge is 2.45. The summed E-state index contributed by atoms with van der Waals surface area (Å²) in [4.78, 5) is 2.31. The molecule has 0 spiro atoms. The van der Waals surface area contributed by atoms with Gasteiger partial charge in [-0.25, -0.2) is 5.09 Å². The fraction of sp³-hybridized carbons (Fsp3) is 0.700. The molecule has 12 heteroatoms. The Morgan fingerprint density at radius 1 is 1.16 bits per heavy atom. The molecule has 0 aromatic heterocycles. The van der Waals surface area contributed by atoms with Crippen LogP contribution >= 0.6 is 29.8 Å². The van der Waals surface area contributed by atoms with Gasteiger partial charge in [0.15, 0.2) is 0 Å². The number of fused-ring (bicyclic) bond motifs is 6. The van der Waals surface area contributed by atoms with E-state index in [0.717, 1.165) is 37.7 Å². The van der Waals surface area contributed by atoms with Gasteiger partial charge in [-0.3, -0.25) is 4.90 Å². The molecule has 0 aliphatic carbocycles. The van der Waals surface area contributed by atoms with Crippen molar-refractivity contribution in [2.24, 2.45) is 5.41 Å². The largest absolute Gasteiger partial charge is 0.501 e. The van der Waals surface area contributed by atoms with Gasteiger partial charge in [0.1, 0.15) is 0 Å². The molecule has 0 amide bonds. The Kier molecular flexibility index (Phi) is 8.41. The van der Waals surface area contributed by atoms with Crippen LogP contribution in [0.5, 0.6) is 0 Å². The summed E-state index contributed by atoms with van der Waals surface area (Å²) < 4.78 is 30.7. The van der Waals surface area contributed by atoms with E-state index in [1.807, 2.05) is 12.1 Å². The van der Waals surface area contributed by atoms with Crippen LogP contribution in [0.3, 0.4) is 0 Å². The summed E-state index contributed by atoms with van der Waals surface area (Å²) in [6, 6.07) is 6.20. The molecule has 0 radical (unpaired) electrons. The lowest BCUT2D eigenvalue weighted by Gasteiger charge is -2.43. The van der Waals surface area contributed by atoms with Gasteiger partial charge < -0.3 is 22.3 Å². The number of halogens is 2. The first kappa shape index (κ1) is 25.5. The van der Waals surface area contributed by atoms with Crippen LogP contribution in [-0.4, -0.2) is 66.3 Å². The van der Waals surface area contributed by atoms with Crippen LogP contribution in [0.2, 0.25) is 16.1 Å². The van der Waals surface area contributed by atoms with Crippen molar-refractivity contribution in [2.45, 2.75) is 32.4 Å². The fourth-order valence-corrected chi connectivity index (χ4v) is 9.64. The van der Waals surface area contributed by atoms with E-state index in [0.29, 0.717) is 43.0 Å². The number of nitrogens with zero attached hydrogens (tertiary/aromatic N) is 1. The van der Waals surface area contributed by atoms with Crippen LogP contribution in [-0.2, 0) is 34.1 Å². The van der Waals surface area contributed by atoms with Crippen molar-refractivity contribution in [3.63, 3.8) is 0 Å². The molecule has 0 saturated carbocycles. The Morgan fingerprint density at radius 3 is 2.44 bits per heavy atom. The molecule has 4 fully saturated rings. The second kappa shape index (κ2) is 10.6. The highest BCUT2D eigenvalue weighted by Crippen LogP contribution is 2.59. The molecule has 1 aromatic carbocycles. The lowest BCUT2D eigenvalue weighted by molar-refractivity contribution is -0.0153. The van der Waals surface area contributed by atoms with Gasteiger partial charge in [0.2, 0.25) is 0 Å². The first-order valence-electron chi connectivity index (χ1n) is 11.0. The zero-order valence-corrected chi connectivity index (χ0v) is 22.7. The van der Waals surface area contributed by atoms with Crippen molar-refractivity contribution < 1.29 is 22.3 Å². The highest BCUT2D eigenvalue weighted by molar-refractivity contribution is 8.09. The summed E-state index contributed by atoms with van der Waals surface area (Å²) in [7, 11) is -2.64. The van der Waals surface area contributed by atoms with Gasteiger partial charge in [-0.15, -0.1) is 0 Å². The molecule has 32 heavy (non-hydrogen) atoms. The smallest absolute Gasteiger partial charge is 0.372 e. The monoisotopic (exact) mass is 540 g/mol. The molecule has 4 aliphatic rings. The second-order valence-corrected chi connectivity index (χ2v) is 15.8. The van der Waals surface area contributed by atoms with Gasteiger partial charge in [0.05, 0.1) is 32.5 Å². The third-order valence-corrected chi connectivity index (χ3v) is 11.9. The number of hydrogen-bond acceptors (Lipinski definition) is 7. The van der Waals surface area contributed by atoms with Crippen molar-refractivity contribution >= 4 is 50.5 Å². The summed E-state index contributed by atoms with van der Waals surface area (Å²) >= 11 is 18.4. The molecule has 7 nitrogen and oxygen atoms in total. The molecule has 2 atom stereocenters. The molecular weight excluding hydrogens is 510 g/mol. The van der Waals surface area contributed by atoms with Crippen LogP contribution < -0.4 is 5.09 Å². The normalized spacial score (nSPS) is 35.1. The summed E-state index contributed by atoms with van der Waals surface area (Å²) in [6.45, 7) is 7.38. The number of rotatable bonds is 6. The quantitative estimate of drug-likeness (QED) is 0.318. The maximum atomic E-state index is 6.48. The van der Waals surface area contributed by atoms with E-state index in [1.54, 1.807) is 6.07 Å². The number of nitrogens with one attached hydrogen (secondary N) is 1. The van der Waals surface area contributed by atoms with Crippen molar-refractivity contribution in [3.05, 3.63) is 33.8 Å². The predicted octanol–water partition coefficient (Wildman–Crippen LogP) is 4.63. The first-order chi connectivity index (χ1) is 15.2. The Balaban J connectivity index is 1.36. The fourth-order valence-electron chi connectivity index (χ4n) is 4.10. The third kappa shape index (κ3) is 6.14. The van der Waals surface area contributed by atoms with Gasteiger partial charge in [-0.05, 0) is 30.4 Å². The highest BCUT2D eigenvalue weighted by atomic mass is 35.5. The molecule has 4 saturated heterocycles. The SMILES string of the molecule is CC1(C)COP(=S)(NCCC[Si]23OCCN(CCO2)CCO3)OC1c1ccc(Cl)cc1Cl. The van der Waals surface area contributed by atoms with Gasteiger partial charge in [-0.2, -0.15) is 0 Å². The summed E-state index contributed by atoms with van der Waals surface area (Å²) in [6.07, 6.45) is 0.512. The zero-order valence-electron chi connectivity index (χ0n) is 18.5. The Hall–Kier alpha value is 0.387. The summed E-state index contributed by atoms with van der Waals surface area (Å²) in [5, 5.41) is 4.52. The Bertz CT molecular complexity index is 841. The second-order valence-electron chi connectivity index (χ2n) is 8.99. The average Bonchev–Trinajstić information content (AvgIpc) is 2.68. The Labute approximate surface area is 206 Å². The van der Waals surface area contributed by atoms with Crippen molar-refractivity contribution in [3.8, 4) is 0 Å². The lowest BCUT2D eigenvalue weighted by Crippen LogP contribution is -2.55. The average molecular weight is 542 g/mol. The lowest BCUT2D eigenvalue weighted by atomic mass is 9.83. The molecule has 1 aromatic rings. The van der Waals surface area contributed by atoms with E-state index in [-0.39, 0.29) is 11.5 Å². The minimum absolute atomic E-state index is 0.283. The number of hydrogen-bond donors (Lipinski definition) is 1. The van der Waals surface area contributed by atoms with E-state index < -0.39 is 15.4 Å². The molecule has 4 heterocycles. The van der Waals surface area contributed by atoms with Crippen molar-refractivity contribution in [1.29, 1.82) is 0 Å². The topological polar surface area (TPSA) is 61.4 Å². The van der Waals surface area contributed by atoms with Crippen LogP contribution in [0.4, 0.5) is 0 Å². The molecule has 180 valence electrons. The molecule has 4 aliphatic heterocycles. The van der Waals surface area contributed by atoms with Gasteiger partial charge in [0, 0.05) is 53.2 Å². The molecular formula is C20H31Cl2N2O5PSSi. The number of benzene rings is 1. The van der Waals surface area contributed by atoms with Crippen molar-refractivity contribution in [2.75, 3.05) is 52.6 Å². The maximum absolute atomic E-state index is 6.48. The first-order valence-corrected chi connectivity index (χ1v) is 16.3. The van der Waals surface area contributed by atoms with Gasteiger partial charge >= 0.3 is 8.80 Å².